The number of carbonyl (C=O) groups excluding carboxylic acids is 3. The molecule has 17 heteroatoms. The van der Waals surface area contributed by atoms with E-state index in [1.54, 1.807) is 4.90 Å². The molecule has 1 atom stereocenters. The summed E-state index contributed by atoms with van der Waals surface area (Å²) in [6, 6.07) is 4.41. The lowest BCUT2D eigenvalue weighted by atomic mass is 9.95. The number of halogens is 4. The van der Waals surface area contributed by atoms with Gasteiger partial charge in [-0.2, -0.15) is 18.3 Å². The molecule has 248 valence electrons. The lowest BCUT2D eigenvalue weighted by Gasteiger charge is -2.40. The Bertz CT molecular complexity index is 1590. The summed E-state index contributed by atoms with van der Waals surface area (Å²) in [5.41, 5.74) is 4.07. The molecule has 0 spiro atoms. The summed E-state index contributed by atoms with van der Waals surface area (Å²) in [5.74, 6) is -1.67. The van der Waals surface area contributed by atoms with Crippen LogP contribution in [0.15, 0.2) is 30.6 Å². The number of aromatic nitrogens is 4. The predicted octanol–water partition coefficient (Wildman–Crippen LogP) is 2.16. The number of piperidine rings is 1. The minimum absolute atomic E-state index is 0.0230. The van der Waals surface area contributed by atoms with Crippen LogP contribution in [-0.2, 0) is 24.6 Å². The Morgan fingerprint density at radius 3 is 2.50 bits per heavy atom. The van der Waals surface area contributed by atoms with Crippen LogP contribution in [0.1, 0.15) is 45.9 Å². The monoisotopic (exact) mass is 665 g/mol. The van der Waals surface area contributed by atoms with E-state index in [1.165, 1.54) is 29.8 Å². The Hall–Kier alpha value is -3.99. The number of nitrogens with one attached hydrogen (secondary N) is 2. The number of nitrogens with zero attached hydrogens (tertiary/aromatic N) is 6. The molecule has 0 radical (unpaired) electrons. The molecule has 2 saturated heterocycles. The molecule has 5 N–H and O–H groups in total. The average molecular weight is 666 g/mol. The maximum atomic E-state index is 13.8. The largest absolute Gasteiger partial charge is 0.435 e. The summed E-state index contributed by atoms with van der Waals surface area (Å²) in [4.78, 5) is 45.1. The van der Waals surface area contributed by atoms with E-state index in [1.807, 2.05) is 4.90 Å². The number of nitrogens with two attached hydrogens (primary N) is 1. The summed E-state index contributed by atoms with van der Waals surface area (Å²) in [7, 11) is 1.39. The summed E-state index contributed by atoms with van der Waals surface area (Å²) in [6.07, 6.45) is -1.50. The van der Waals surface area contributed by atoms with Crippen LogP contribution in [0, 0.1) is 5.92 Å². The molecule has 3 amide bonds. The van der Waals surface area contributed by atoms with Gasteiger partial charge in [0.15, 0.2) is 11.5 Å². The highest BCUT2D eigenvalue weighted by molar-refractivity contribution is 6.34. The van der Waals surface area contributed by atoms with E-state index in [9.17, 15) is 32.7 Å². The number of aryl methyl sites for hydroxylation is 1. The quantitative estimate of drug-likeness (QED) is 0.270. The molecule has 0 aliphatic carbocycles. The minimum atomic E-state index is -4.81. The van der Waals surface area contributed by atoms with Crippen LogP contribution >= 0.6 is 11.6 Å². The summed E-state index contributed by atoms with van der Waals surface area (Å²) in [6.45, 7) is 3.54. The Balaban J connectivity index is 1.24. The first-order valence-corrected chi connectivity index (χ1v) is 15.2. The van der Waals surface area contributed by atoms with Gasteiger partial charge in [0.05, 0.1) is 28.0 Å². The fraction of sp³-hybridized carbons (Fsp3) is 0.483. The van der Waals surface area contributed by atoms with Crippen LogP contribution in [0.2, 0.25) is 5.02 Å². The third kappa shape index (κ3) is 7.35. The molecule has 2 aromatic heterocycles. The molecule has 2 aliphatic heterocycles. The second kappa shape index (κ2) is 13.8. The minimum Gasteiger partial charge on any atom is -0.378 e. The third-order valence-electron chi connectivity index (χ3n) is 8.32. The number of rotatable bonds is 9. The zero-order valence-electron chi connectivity index (χ0n) is 25.1. The van der Waals surface area contributed by atoms with Gasteiger partial charge in [0.2, 0.25) is 5.91 Å². The van der Waals surface area contributed by atoms with Crippen molar-refractivity contribution < 1.29 is 32.7 Å². The number of hydrogen-bond acceptors (Lipinski definition) is 8. The average Bonchev–Trinajstić information content (AvgIpc) is 3.63. The number of imidazole rings is 1. The van der Waals surface area contributed by atoms with E-state index in [0.717, 1.165) is 43.0 Å². The Kier molecular flexibility index (Phi) is 10.0. The fourth-order valence-electron chi connectivity index (χ4n) is 5.78. The Morgan fingerprint density at radius 1 is 1.17 bits per heavy atom. The highest BCUT2D eigenvalue weighted by Gasteiger charge is 2.39. The van der Waals surface area contributed by atoms with Gasteiger partial charge in [0.1, 0.15) is 6.23 Å². The van der Waals surface area contributed by atoms with Gasteiger partial charge in [-0.05, 0) is 44.1 Å². The first-order valence-electron chi connectivity index (χ1n) is 14.8. The zero-order valence-corrected chi connectivity index (χ0v) is 25.8. The van der Waals surface area contributed by atoms with Crippen LogP contribution in [0.4, 0.5) is 18.9 Å². The van der Waals surface area contributed by atoms with E-state index in [-0.39, 0.29) is 58.1 Å². The van der Waals surface area contributed by atoms with Gasteiger partial charge in [-0.25, -0.2) is 4.98 Å². The second-order valence-corrected chi connectivity index (χ2v) is 11.8. The van der Waals surface area contributed by atoms with Crippen molar-refractivity contribution in [3.05, 3.63) is 52.7 Å². The maximum Gasteiger partial charge on any atom is 0.435 e. The lowest BCUT2D eigenvalue weighted by Crippen LogP contribution is -2.54. The first kappa shape index (κ1) is 33.4. The van der Waals surface area contributed by atoms with Gasteiger partial charge in [-0.15, -0.1) is 0 Å². The van der Waals surface area contributed by atoms with Crippen molar-refractivity contribution in [2.24, 2.45) is 18.7 Å². The molecule has 46 heavy (non-hydrogen) atoms. The summed E-state index contributed by atoms with van der Waals surface area (Å²) in [5, 5.41) is 20.4. The summed E-state index contributed by atoms with van der Waals surface area (Å²) < 4.78 is 43.5. The van der Waals surface area contributed by atoms with Crippen LogP contribution < -0.4 is 16.4 Å². The smallest absolute Gasteiger partial charge is 0.378 e. The summed E-state index contributed by atoms with van der Waals surface area (Å²) >= 11 is 6.46. The number of piperazine rings is 1. The fourth-order valence-corrected chi connectivity index (χ4v) is 6.04. The van der Waals surface area contributed by atoms with Crippen molar-refractivity contribution in [2.45, 2.75) is 38.2 Å². The number of carbonyl (C=O) groups is 3. The van der Waals surface area contributed by atoms with E-state index in [0.29, 0.717) is 26.2 Å². The van der Waals surface area contributed by atoms with Gasteiger partial charge in [-0.3, -0.25) is 24.0 Å². The van der Waals surface area contributed by atoms with Crippen molar-refractivity contribution in [1.82, 2.24) is 34.4 Å². The lowest BCUT2D eigenvalue weighted by molar-refractivity contribution is -0.141. The van der Waals surface area contributed by atoms with Gasteiger partial charge in [-0.1, -0.05) is 11.6 Å². The molecule has 2 fully saturated rings. The maximum absolute atomic E-state index is 13.8. The first-order chi connectivity index (χ1) is 21.8. The van der Waals surface area contributed by atoms with E-state index in [2.05, 4.69) is 20.7 Å². The standard InChI is InChI=1S/C29H35ClF3N9O4/c1-39-22(20-16-42(9-6-23(34)43)38-24(20)29(31,32)33)15-36-25(39)26(44)37-18-2-3-19(21(30)14-18)28(46)41-12-10-40(11-13-41)27(45)17-4-7-35-8-5-17/h2-3,14-17,27,35,45H,4-13H2,1H3,(H2,34,43)(H,37,44). The van der Waals surface area contributed by atoms with Crippen LogP contribution in [-0.4, -0.2) is 97.5 Å². The second-order valence-electron chi connectivity index (χ2n) is 11.4. The van der Waals surface area contributed by atoms with Gasteiger partial charge < -0.3 is 30.9 Å². The molecule has 1 aromatic carbocycles. The van der Waals surface area contributed by atoms with Crippen molar-refractivity contribution in [1.29, 1.82) is 0 Å². The molecule has 3 aromatic rings. The molecule has 4 heterocycles. The highest BCUT2D eigenvalue weighted by atomic mass is 35.5. The molecular formula is C29H35ClF3N9O4. The topological polar surface area (TPSA) is 164 Å². The molecular weight excluding hydrogens is 631 g/mol. The molecule has 0 bridgehead atoms. The number of benzene rings is 1. The third-order valence-corrected chi connectivity index (χ3v) is 8.64. The molecule has 2 aliphatic rings. The molecule has 1 unspecified atom stereocenters. The number of primary amides is 1. The number of aliphatic hydroxyl groups is 1. The Morgan fingerprint density at radius 2 is 1.87 bits per heavy atom. The van der Waals surface area contributed by atoms with E-state index >= 15 is 0 Å². The predicted molar refractivity (Wildman–Crippen MR) is 162 cm³/mol. The number of amides is 3. The van der Waals surface area contributed by atoms with Crippen LogP contribution in [0.5, 0.6) is 0 Å². The zero-order chi connectivity index (χ0) is 33.2. The van der Waals surface area contributed by atoms with Crippen LogP contribution in [0.25, 0.3) is 11.3 Å². The molecule has 0 saturated carbocycles. The highest BCUT2D eigenvalue weighted by Crippen LogP contribution is 2.36. The Labute approximate surface area is 267 Å². The van der Waals surface area contributed by atoms with Crippen molar-refractivity contribution in [3.63, 3.8) is 0 Å². The molecule has 5 rings (SSSR count). The van der Waals surface area contributed by atoms with Crippen LogP contribution in [0.3, 0.4) is 0 Å². The number of aliphatic hydroxyl groups excluding tert-OH is 1. The number of alkyl halides is 3. The normalized spacial score (nSPS) is 17.2. The number of hydrogen-bond donors (Lipinski definition) is 4. The van der Waals surface area contributed by atoms with Gasteiger partial charge in [0, 0.05) is 64.0 Å². The van der Waals surface area contributed by atoms with Crippen molar-refractivity contribution >= 4 is 35.0 Å². The van der Waals surface area contributed by atoms with Gasteiger partial charge >= 0.3 is 6.18 Å². The molecule has 13 nitrogen and oxygen atoms in total. The van der Waals surface area contributed by atoms with Crippen molar-refractivity contribution in [2.75, 3.05) is 44.6 Å². The van der Waals surface area contributed by atoms with Crippen molar-refractivity contribution in [3.8, 4) is 11.3 Å². The SMILES string of the molecule is Cn1c(-c2cn(CCC(N)=O)nc2C(F)(F)F)cnc1C(=O)Nc1ccc(C(=O)N2CCN(C(O)C3CCNCC3)CC2)c(Cl)c1. The van der Waals surface area contributed by atoms with Gasteiger partial charge in [0.25, 0.3) is 11.8 Å². The van der Waals surface area contributed by atoms with E-state index in [4.69, 9.17) is 17.3 Å². The van der Waals surface area contributed by atoms with E-state index < -0.39 is 29.9 Å². The number of anilines is 1.